The monoisotopic (exact) mass is 230 g/mol. The number of halogens is 1. The molecule has 85 valence electrons. The van der Waals surface area contributed by atoms with E-state index in [9.17, 15) is 14.3 Å². The van der Waals surface area contributed by atoms with Gasteiger partial charge in [0, 0.05) is 0 Å². The van der Waals surface area contributed by atoms with Crippen molar-refractivity contribution < 1.29 is 14.3 Å². The largest absolute Gasteiger partial charge is 0.462 e. The maximum Gasteiger partial charge on any atom is 0.462 e. The number of hydrogen-bond acceptors (Lipinski definition) is 1. The third-order valence-corrected chi connectivity index (χ3v) is 2.29. The molecule has 0 unspecified atom stereocenters. The molecule has 0 aliphatic heterocycles. The maximum atomic E-state index is 13.6. The lowest BCUT2D eigenvalue weighted by atomic mass is 10.2. The van der Waals surface area contributed by atoms with Gasteiger partial charge in [-0.25, -0.2) is 19.2 Å². The van der Waals surface area contributed by atoms with Gasteiger partial charge in [0.2, 0.25) is 0 Å². The number of nitrogens with zero attached hydrogens (tertiary/aromatic N) is 1. The lowest BCUT2D eigenvalue weighted by molar-refractivity contribution is 0.179. The SMILES string of the molecule is [O]C(=O)N(c1ccccc1)c1ccccc1F. The van der Waals surface area contributed by atoms with E-state index < -0.39 is 11.9 Å². The summed E-state index contributed by atoms with van der Waals surface area (Å²) in [4.78, 5) is 11.9. The summed E-state index contributed by atoms with van der Waals surface area (Å²) in [7, 11) is 0. The van der Waals surface area contributed by atoms with Crippen molar-refractivity contribution in [2.45, 2.75) is 0 Å². The number of benzene rings is 2. The third-order valence-electron chi connectivity index (χ3n) is 2.29. The number of carbonyl (C=O) groups is 1. The van der Waals surface area contributed by atoms with Crippen molar-refractivity contribution in [2.75, 3.05) is 4.90 Å². The van der Waals surface area contributed by atoms with Crippen molar-refractivity contribution in [3.63, 3.8) is 0 Å². The van der Waals surface area contributed by atoms with E-state index in [0.29, 0.717) is 5.69 Å². The van der Waals surface area contributed by atoms with E-state index in [1.807, 2.05) is 0 Å². The Morgan fingerprint density at radius 2 is 1.53 bits per heavy atom. The quantitative estimate of drug-likeness (QED) is 0.778. The van der Waals surface area contributed by atoms with Gasteiger partial charge in [-0.1, -0.05) is 30.3 Å². The summed E-state index contributed by atoms with van der Waals surface area (Å²) in [5.41, 5.74) is 0.302. The van der Waals surface area contributed by atoms with Crippen LogP contribution in [0.4, 0.5) is 20.6 Å². The first-order chi connectivity index (χ1) is 8.20. The predicted molar refractivity (Wildman–Crippen MR) is 61.1 cm³/mol. The average Bonchev–Trinajstić information content (AvgIpc) is 2.33. The summed E-state index contributed by atoms with van der Waals surface area (Å²) in [6.07, 6.45) is -1.47. The van der Waals surface area contributed by atoms with Gasteiger partial charge in [-0.2, -0.15) is 0 Å². The molecule has 2 rings (SSSR count). The highest BCUT2D eigenvalue weighted by Crippen LogP contribution is 2.27. The zero-order chi connectivity index (χ0) is 12.3. The summed E-state index contributed by atoms with van der Waals surface area (Å²) in [6.45, 7) is 0. The van der Waals surface area contributed by atoms with Crippen LogP contribution in [-0.4, -0.2) is 6.09 Å². The summed E-state index contributed by atoms with van der Waals surface area (Å²) in [5.74, 6) is -0.611. The number of hydrogen-bond donors (Lipinski definition) is 0. The normalized spacial score (nSPS) is 9.94. The van der Waals surface area contributed by atoms with Gasteiger partial charge < -0.3 is 0 Å². The lowest BCUT2D eigenvalue weighted by Crippen LogP contribution is -2.23. The van der Waals surface area contributed by atoms with E-state index in [2.05, 4.69) is 0 Å². The second kappa shape index (κ2) is 4.65. The molecule has 0 heterocycles. The molecule has 0 aromatic heterocycles. The molecule has 0 fully saturated rings. The molecule has 3 nitrogen and oxygen atoms in total. The van der Waals surface area contributed by atoms with Gasteiger partial charge in [0.25, 0.3) is 0 Å². The van der Waals surface area contributed by atoms with Gasteiger partial charge in [-0.05, 0) is 24.3 Å². The van der Waals surface area contributed by atoms with Crippen LogP contribution in [0.2, 0.25) is 0 Å². The zero-order valence-electron chi connectivity index (χ0n) is 8.84. The Labute approximate surface area is 97.7 Å². The van der Waals surface area contributed by atoms with E-state index >= 15 is 0 Å². The maximum absolute atomic E-state index is 13.6. The van der Waals surface area contributed by atoms with Crippen LogP contribution in [0, 0.1) is 5.82 Å². The van der Waals surface area contributed by atoms with Crippen molar-refractivity contribution >= 4 is 17.5 Å². The zero-order valence-corrected chi connectivity index (χ0v) is 8.84. The highest BCUT2D eigenvalue weighted by atomic mass is 19.1. The topological polar surface area (TPSA) is 40.2 Å². The van der Waals surface area contributed by atoms with Gasteiger partial charge in [0.1, 0.15) is 5.82 Å². The molecule has 0 spiro atoms. The molecule has 0 saturated heterocycles. The Morgan fingerprint density at radius 1 is 0.941 bits per heavy atom. The molecule has 17 heavy (non-hydrogen) atoms. The van der Waals surface area contributed by atoms with Gasteiger partial charge in [-0.15, -0.1) is 0 Å². The molecule has 0 aliphatic rings. The molecule has 0 bridgehead atoms. The first-order valence-corrected chi connectivity index (χ1v) is 5.01. The molecule has 0 N–H and O–H groups in total. The van der Waals surface area contributed by atoms with Crippen LogP contribution >= 0.6 is 0 Å². The predicted octanol–water partition coefficient (Wildman–Crippen LogP) is 3.51. The smallest absolute Gasteiger partial charge is 0.240 e. The van der Waals surface area contributed by atoms with Crippen molar-refractivity contribution in [2.24, 2.45) is 0 Å². The Kier molecular flexibility index (Phi) is 3.05. The van der Waals surface area contributed by atoms with Crippen molar-refractivity contribution in [3.05, 3.63) is 60.4 Å². The molecule has 0 saturated carbocycles. The first-order valence-electron chi connectivity index (χ1n) is 5.01. The standard InChI is InChI=1S/C13H9FNO2/c14-11-8-4-5-9-12(11)15(13(16)17)10-6-2-1-3-7-10/h1-9H. The highest BCUT2D eigenvalue weighted by Gasteiger charge is 2.20. The van der Waals surface area contributed by atoms with Crippen molar-refractivity contribution in [1.82, 2.24) is 0 Å². The minimum Gasteiger partial charge on any atom is -0.240 e. The van der Waals surface area contributed by atoms with Crippen molar-refractivity contribution in [1.29, 1.82) is 0 Å². The van der Waals surface area contributed by atoms with Crippen LogP contribution in [0.15, 0.2) is 54.6 Å². The summed E-state index contributed by atoms with van der Waals surface area (Å²) in [6, 6.07) is 13.9. The van der Waals surface area contributed by atoms with Gasteiger partial charge in [0.05, 0.1) is 11.4 Å². The lowest BCUT2D eigenvalue weighted by Gasteiger charge is -2.18. The second-order valence-corrected chi connectivity index (χ2v) is 3.39. The summed E-state index contributed by atoms with van der Waals surface area (Å²) < 4.78 is 13.6. The fraction of sp³-hybridized carbons (Fsp3) is 0. The van der Waals surface area contributed by atoms with E-state index in [4.69, 9.17) is 0 Å². The molecule has 4 heteroatoms. The molecular weight excluding hydrogens is 221 g/mol. The van der Waals surface area contributed by atoms with E-state index in [1.54, 1.807) is 36.4 Å². The molecule has 2 aromatic rings. The summed E-state index contributed by atoms with van der Waals surface area (Å²) >= 11 is 0. The molecule has 1 amide bonds. The number of anilines is 2. The number of rotatable bonds is 2. The van der Waals surface area contributed by atoms with E-state index in [-0.39, 0.29) is 5.69 Å². The van der Waals surface area contributed by atoms with Crippen LogP contribution in [0.5, 0.6) is 0 Å². The molecular formula is C13H9FNO2. The van der Waals surface area contributed by atoms with Crippen LogP contribution in [0.3, 0.4) is 0 Å². The number of amides is 1. The van der Waals surface area contributed by atoms with Crippen LogP contribution in [-0.2, 0) is 5.11 Å². The van der Waals surface area contributed by atoms with Gasteiger partial charge >= 0.3 is 6.09 Å². The Balaban J connectivity index is 2.51. The number of para-hydroxylation sites is 2. The Bertz CT molecular complexity index is 528. The minimum absolute atomic E-state index is 0.0429. The molecule has 1 radical (unpaired) electrons. The Morgan fingerprint density at radius 3 is 2.12 bits per heavy atom. The molecule has 2 aromatic carbocycles. The highest BCUT2D eigenvalue weighted by molar-refractivity contribution is 5.94. The fourth-order valence-corrected chi connectivity index (χ4v) is 1.55. The second-order valence-electron chi connectivity index (χ2n) is 3.39. The van der Waals surface area contributed by atoms with Crippen molar-refractivity contribution in [3.8, 4) is 0 Å². The first kappa shape index (κ1) is 11.1. The third kappa shape index (κ3) is 2.25. The van der Waals surface area contributed by atoms with Crippen LogP contribution in [0.1, 0.15) is 0 Å². The molecule has 0 aliphatic carbocycles. The average molecular weight is 230 g/mol. The van der Waals surface area contributed by atoms with Crippen LogP contribution < -0.4 is 4.90 Å². The number of carbonyl (C=O) groups excluding carboxylic acids is 1. The van der Waals surface area contributed by atoms with Crippen LogP contribution in [0.25, 0.3) is 0 Å². The fourth-order valence-electron chi connectivity index (χ4n) is 1.55. The van der Waals surface area contributed by atoms with E-state index in [1.165, 1.54) is 18.2 Å². The minimum atomic E-state index is -1.47. The van der Waals surface area contributed by atoms with Gasteiger partial charge in [-0.3, -0.25) is 0 Å². The van der Waals surface area contributed by atoms with Gasteiger partial charge in [0.15, 0.2) is 0 Å². The van der Waals surface area contributed by atoms with E-state index in [0.717, 1.165) is 4.90 Å². The summed E-state index contributed by atoms with van der Waals surface area (Å²) in [5, 5.41) is 11.1. The Hall–Kier alpha value is -2.36. The molecule has 0 atom stereocenters.